The predicted molar refractivity (Wildman–Crippen MR) is 70.1 cm³/mol. The van der Waals surface area contributed by atoms with Gasteiger partial charge in [-0.25, -0.2) is 0 Å². The van der Waals surface area contributed by atoms with Crippen molar-refractivity contribution in [3.63, 3.8) is 0 Å². The van der Waals surface area contributed by atoms with E-state index in [1.54, 1.807) is 14.2 Å². The number of nitrogens with zero attached hydrogens (tertiary/aromatic N) is 1. The predicted octanol–water partition coefficient (Wildman–Crippen LogP) is 1.10. The van der Waals surface area contributed by atoms with E-state index in [0.717, 1.165) is 32.8 Å². The summed E-state index contributed by atoms with van der Waals surface area (Å²) in [5.41, 5.74) is 6.50. The minimum absolute atomic E-state index is 0.265. The zero-order valence-electron chi connectivity index (χ0n) is 11.6. The normalized spacial score (nSPS) is 29.1. The molecule has 17 heavy (non-hydrogen) atoms. The van der Waals surface area contributed by atoms with Crippen molar-refractivity contribution in [2.45, 2.75) is 32.2 Å². The highest BCUT2D eigenvalue weighted by Gasteiger charge is 2.37. The molecule has 4 nitrogen and oxygen atoms in total. The molecule has 1 saturated carbocycles. The maximum Gasteiger partial charge on any atom is 0.0589 e. The molecule has 0 aromatic rings. The Morgan fingerprint density at radius 2 is 1.82 bits per heavy atom. The van der Waals surface area contributed by atoms with Crippen molar-refractivity contribution in [2.24, 2.45) is 11.1 Å². The summed E-state index contributed by atoms with van der Waals surface area (Å²) in [7, 11) is 3.50. The maximum atomic E-state index is 6.23. The van der Waals surface area contributed by atoms with Crippen LogP contribution in [0, 0.1) is 5.41 Å². The van der Waals surface area contributed by atoms with Gasteiger partial charge in [0.25, 0.3) is 0 Å². The van der Waals surface area contributed by atoms with E-state index in [4.69, 9.17) is 15.2 Å². The first-order valence-corrected chi connectivity index (χ1v) is 6.58. The molecule has 1 rings (SSSR count). The summed E-state index contributed by atoms with van der Waals surface area (Å²) in [6.45, 7) is 6.84. The summed E-state index contributed by atoms with van der Waals surface area (Å²) >= 11 is 0. The number of hydrogen-bond acceptors (Lipinski definition) is 4. The quantitative estimate of drug-likeness (QED) is 0.694. The summed E-state index contributed by atoms with van der Waals surface area (Å²) in [5.74, 6) is 0. The molecule has 0 amide bonds. The summed E-state index contributed by atoms with van der Waals surface area (Å²) in [6, 6.07) is 0.343. The van der Waals surface area contributed by atoms with Crippen molar-refractivity contribution >= 4 is 0 Å². The molecule has 0 aliphatic heterocycles. The summed E-state index contributed by atoms with van der Waals surface area (Å²) in [5, 5.41) is 0. The highest BCUT2D eigenvalue weighted by molar-refractivity contribution is 4.93. The monoisotopic (exact) mass is 244 g/mol. The first-order valence-electron chi connectivity index (χ1n) is 6.58. The zero-order chi connectivity index (χ0) is 12.7. The minimum atomic E-state index is 0.265. The molecule has 1 aliphatic carbocycles. The number of nitrogens with two attached hydrogens (primary N) is 1. The fourth-order valence-corrected chi connectivity index (χ4v) is 2.68. The molecule has 2 atom stereocenters. The van der Waals surface area contributed by atoms with Crippen LogP contribution < -0.4 is 5.73 Å². The lowest BCUT2D eigenvalue weighted by molar-refractivity contribution is 0.0809. The Labute approximate surface area is 105 Å². The van der Waals surface area contributed by atoms with Crippen molar-refractivity contribution in [1.82, 2.24) is 4.90 Å². The van der Waals surface area contributed by atoms with Gasteiger partial charge in [-0.1, -0.05) is 13.3 Å². The van der Waals surface area contributed by atoms with E-state index in [1.165, 1.54) is 19.3 Å². The Bertz CT molecular complexity index is 206. The van der Waals surface area contributed by atoms with Crippen LogP contribution in [0.5, 0.6) is 0 Å². The van der Waals surface area contributed by atoms with Gasteiger partial charge in [0.1, 0.15) is 0 Å². The van der Waals surface area contributed by atoms with E-state index in [1.807, 2.05) is 0 Å². The van der Waals surface area contributed by atoms with Crippen molar-refractivity contribution in [3.05, 3.63) is 0 Å². The molecule has 0 saturated heterocycles. The average Bonchev–Trinajstić information content (AvgIpc) is 2.63. The lowest BCUT2D eigenvalue weighted by atomic mass is 9.84. The molecule has 0 aromatic heterocycles. The van der Waals surface area contributed by atoms with Crippen LogP contribution in [0.15, 0.2) is 0 Å². The maximum absolute atomic E-state index is 6.23. The molecule has 1 fully saturated rings. The second-order valence-corrected chi connectivity index (χ2v) is 5.41. The molecular weight excluding hydrogens is 216 g/mol. The zero-order valence-corrected chi connectivity index (χ0v) is 11.6. The summed E-state index contributed by atoms with van der Waals surface area (Å²) in [6.07, 6.45) is 3.67. The van der Waals surface area contributed by atoms with Gasteiger partial charge in [0.15, 0.2) is 0 Å². The van der Waals surface area contributed by atoms with Crippen LogP contribution in [0.4, 0.5) is 0 Å². The fraction of sp³-hybridized carbons (Fsp3) is 1.00. The molecule has 4 heteroatoms. The van der Waals surface area contributed by atoms with E-state index in [-0.39, 0.29) is 5.41 Å². The van der Waals surface area contributed by atoms with E-state index >= 15 is 0 Å². The lowest BCUT2D eigenvalue weighted by Gasteiger charge is -2.35. The Balaban J connectivity index is 2.45. The second kappa shape index (κ2) is 7.31. The molecule has 102 valence electrons. The molecule has 2 unspecified atom stereocenters. The largest absolute Gasteiger partial charge is 0.383 e. The van der Waals surface area contributed by atoms with Crippen LogP contribution in [0.3, 0.4) is 0 Å². The summed E-state index contributed by atoms with van der Waals surface area (Å²) < 4.78 is 10.3. The third-order valence-electron chi connectivity index (χ3n) is 3.97. The van der Waals surface area contributed by atoms with E-state index in [9.17, 15) is 0 Å². The molecule has 0 heterocycles. The van der Waals surface area contributed by atoms with Crippen molar-refractivity contribution in [2.75, 3.05) is 47.1 Å². The van der Waals surface area contributed by atoms with Gasteiger partial charge in [-0.15, -0.1) is 0 Å². The topological polar surface area (TPSA) is 47.7 Å². The highest BCUT2D eigenvalue weighted by Crippen LogP contribution is 2.37. The standard InChI is InChI=1S/C13H28N2O2/c1-13(6-4-5-12(13)14)11-15(7-9-16-2)8-10-17-3/h12H,4-11,14H2,1-3H3. The van der Waals surface area contributed by atoms with Crippen LogP contribution in [-0.2, 0) is 9.47 Å². The smallest absolute Gasteiger partial charge is 0.0589 e. The Morgan fingerprint density at radius 3 is 2.24 bits per heavy atom. The molecule has 0 radical (unpaired) electrons. The first-order chi connectivity index (χ1) is 8.12. The van der Waals surface area contributed by atoms with E-state index in [0.29, 0.717) is 6.04 Å². The van der Waals surface area contributed by atoms with Gasteiger partial charge < -0.3 is 15.2 Å². The van der Waals surface area contributed by atoms with Crippen LogP contribution in [0.25, 0.3) is 0 Å². The van der Waals surface area contributed by atoms with Crippen LogP contribution in [0.1, 0.15) is 26.2 Å². The fourth-order valence-electron chi connectivity index (χ4n) is 2.68. The number of hydrogen-bond donors (Lipinski definition) is 1. The molecule has 1 aliphatic rings. The van der Waals surface area contributed by atoms with Gasteiger partial charge in [-0.2, -0.15) is 0 Å². The van der Waals surface area contributed by atoms with Crippen LogP contribution in [0.2, 0.25) is 0 Å². The van der Waals surface area contributed by atoms with Gasteiger partial charge in [-0.05, 0) is 18.3 Å². The number of rotatable bonds is 8. The number of methoxy groups -OCH3 is 2. The third-order valence-corrected chi connectivity index (χ3v) is 3.97. The van der Waals surface area contributed by atoms with Crippen molar-refractivity contribution in [3.8, 4) is 0 Å². The van der Waals surface area contributed by atoms with Crippen LogP contribution in [-0.4, -0.2) is 58.0 Å². The molecule has 2 N–H and O–H groups in total. The Morgan fingerprint density at radius 1 is 1.24 bits per heavy atom. The molecule has 0 spiro atoms. The minimum Gasteiger partial charge on any atom is -0.383 e. The lowest BCUT2D eigenvalue weighted by Crippen LogP contribution is -2.46. The van der Waals surface area contributed by atoms with E-state index < -0.39 is 0 Å². The third kappa shape index (κ3) is 4.54. The van der Waals surface area contributed by atoms with Gasteiger partial charge in [0.05, 0.1) is 13.2 Å². The first kappa shape index (κ1) is 14.9. The average molecular weight is 244 g/mol. The molecule has 0 bridgehead atoms. The summed E-state index contributed by atoms with van der Waals surface area (Å²) in [4.78, 5) is 2.41. The van der Waals surface area contributed by atoms with Gasteiger partial charge in [0.2, 0.25) is 0 Å². The van der Waals surface area contributed by atoms with Gasteiger partial charge in [0, 0.05) is 39.9 Å². The van der Waals surface area contributed by atoms with Gasteiger partial charge >= 0.3 is 0 Å². The van der Waals surface area contributed by atoms with Crippen molar-refractivity contribution in [1.29, 1.82) is 0 Å². The molecular formula is C13H28N2O2. The highest BCUT2D eigenvalue weighted by atomic mass is 16.5. The van der Waals surface area contributed by atoms with Crippen LogP contribution >= 0.6 is 0 Å². The molecule has 0 aromatic carbocycles. The van der Waals surface area contributed by atoms with Crippen molar-refractivity contribution < 1.29 is 9.47 Å². The number of ether oxygens (including phenoxy) is 2. The SMILES string of the molecule is COCCN(CCOC)CC1(C)CCCC1N. The van der Waals surface area contributed by atoms with E-state index in [2.05, 4.69) is 11.8 Å². The second-order valence-electron chi connectivity index (χ2n) is 5.41. The van der Waals surface area contributed by atoms with Gasteiger partial charge in [-0.3, -0.25) is 4.90 Å². The Hall–Kier alpha value is -0.160. The Kier molecular flexibility index (Phi) is 6.41.